The van der Waals surface area contributed by atoms with E-state index in [9.17, 15) is 9.59 Å². The maximum Gasteiger partial charge on any atom is 0.245 e. The fourth-order valence-electron chi connectivity index (χ4n) is 2.58. The van der Waals surface area contributed by atoms with E-state index in [1.807, 2.05) is 24.0 Å². The van der Waals surface area contributed by atoms with Gasteiger partial charge in [-0.05, 0) is 25.0 Å². The topological polar surface area (TPSA) is 58.4 Å². The lowest BCUT2D eigenvalue weighted by atomic mass is 9.95. The van der Waals surface area contributed by atoms with Crippen LogP contribution in [0, 0.1) is 5.92 Å². The number of hydrogen-bond donors (Lipinski definition) is 0. The Morgan fingerprint density at radius 3 is 2.71 bits per heavy atom. The zero-order valence-electron chi connectivity index (χ0n) is 12.4. The van der Waals surface area contributed by atoms with Crippen molar-refractivity contribution in [1.82, 2.24) is 19.6 Å². The van der Waals surface area contributed by atoms with Crippen molar-refractivity contribution in [3.05, 3.63) is 31.1 Å². The molecule has 0 aromatic carbocycles. The van der Waals surface area contributed by atoms with Gasteiger partial charge in [-0.1, -0.05) is 6.58 Å². The van der Waals surface area contributed by atoms with Gasteiger partial charge in [-0.2, -0.15) is 5.10 Å². The molecule has 114 valence electrons. The summed E-state index contributed by atoms with van der Waals surface area (Å²) in [5.41, 5.74) is 0. The number of carbonyl (C=O) groups excluding carboxylic acids is 2. The average Bonchev–Trinajstić information content (AvgIpc) is 3.04. The molecule has 0 atom stereocenters. The molecule has 0 spiro atoms. The smallest absolute Gasteiger partial charge is 0.245 e. The van der Waals surface area contributed by atoms with Crippen molar-refractivity contribution in [2.24, 2.45) is 5.92 Å². The van der Waals surface area contributed by atoms with E-state index in [0.717, 1.165) is 12.8 Å². The Morgan fingerprint density at radius 2 is 2.14 bits per heavy atom. The van der Waals surface area contributed by atoms with Crippen molar-refractivity contribution < 1.29 is 9.59 Å². The molecule has 1 fully saturated rings. The number of likely N-dealkylation sites (N-methyl/N-ethyl adjacent to an activating group) is 1. The summed E-state index contributed by atoms with van der Waals surface area (Å²) in [4.78, 5) is 27.4. The van der Waals surface area contributed by atoms with E-state index >= 15 is 0 Å². The van der Waals surface area contributed by atoms with Crippen LogP contribution in [-0.4, -0.2) is 58.1 Å². The number of rotatable bonds is 5. The van der Waals surface area contributed by atoms with Crippen LogP contribution in [0.4, 0.5) is 0 Å². The number of hydrogen-bond acceptors (Lipinski definition) is 3. The predicted octanol–water partition coefficient (Wildman–Crippen LogP) is 0.766. The van der Waals surface area contributed by atoms with Crippen LogP contribution in [0.5, 0.6) is 0 Å². The Kier molecular flexibility index (Phi) is 5.14. The molecular formula is C15H22N4O2. The molecule has 2 amide bonds. The van der Waals surface area contributed by atoms with Crippen LogP contribution < -0.4 is 0 Å². The Bertz CT molecular complexity index is 490. The summed E-state index contributed by atoms with van der Waals surface area (Å²) in [5.74, 6) is 0.127. The molecule has 6 nitrogen and oxygen atoms in total. The van der Waals surface area contributed by atoms with Crippen LogP contribution in [0.1, 0.15) is 12.8 Å². The third-order valence-electron chi connectivity index (χ3n) is 3.93. The van der Waals surface area contributed by atoms with Crippen molar-refractivity contribution >= 4 is 11.8 Å². The molecule has 21 heavy (non-hydrogen) atoms. The highest BCUT2D eigenvalue weighted by molar-refractivity contribution is 5.87. The van der Waals surface area contributed by atoms with Gasteiger partial charge in [-0.15, -0.1) is 0 Å². The van der Waals surface area contributed by atoms with Crippen LogP contribution in [-0.2, 0) is 16.1 Å². The van der Waals surface area contributed by atoms with E-state index < -0.39 is 0 Å². The number of likely N-dealkylation sites (tertiary alicyclic amines) is 1. The van der Waals surface area contributed by atoms with Gasteiger partial charge in [0.25, 0.3) is 0 Å². The van der Waals surface area contributed by atoms with Crippen molar-refractivity contribution in [3.8, 4) is 0 Å². The second kappa shape index (κ2) is 7.06. The molecule has 0 aliphatic carbocycles. The van der Waals surface area contributed by atoms with Gasteiger partial charge in [-0.3, -0.25) is 14.3 Å². The second-order valence-corrected chi connectivity index (χ2v) is 5.33. The fraction of sp³-hybridized carbons (Fsp3) is 0.533. The standard InChI is InChI=1S/C15H22N4O2/c1-3-14(20)18-9-5-13(6-10-18)15(21)17(2)11-12-19-8-4-7-16-19/h3-4,7-8,13H,1,5-6,9-12H2,2H3. The number of amides is 2. The third kappa shape index (κ3) is 3.93. The van der Waals surface area contributed by atoms with Crippen LogP contribution >= 0.6 is 0 Å². The first kappa shape index (κ1) is 15.3. The first-order chi connectivity index (χ1) is 10.1. The van der Waals surface area contributed by atoms with E-state index in [0.29, 0.717) is 26.2 Å². The lowest BCUT2D eigenvalue weighted by Gasteiger charge is -2.32. The van der Waals surface area contributed by atoms with Crippen molar-refractivity contribution in [2.75, 3.05) is 26.7 Å². The van der Waals surface area contributed by atoms with E-state index in [-0.39, 0.29) is 17.7 Å². The molecule has 1 aliphatic heterocycles. The summed E-state index contributed by atoms with van der Waals surface area (Å²) in [7, 11) is 1.83. The van der Waals surface area contributed by atoms with Gasteiger partial charge in [0.05, 0.1) is 6.54 Å². The Morgan fingerprint density at radius 1 is 1.43 bits per heavy atom. The maximum atomic E-state index is 12.4. The largest absolute Gasteiger partial charge is 0.344 e. The van der Waals surface area contributed by atoms with Gasteiger partial charge in [0, 0.05) is 45.0 Å². The van der Waals surface area contributed by atoms with Gasteiger partial charge < -0.3 is 9.80 Å². The van der Waals surface area contributed by atoms with E-state index in [1.54, 1.807) is 16.0 Å². The second-order valence-electron chi connectivity index (χ2n) is 5.33. The highest BCUT2D eigenvalue weighted by atomic mass is 16.2. The molecule has 0 bridgehead atoms. The van der Waals surface area contributed by atoms with Gasteiger partial charge in [-0.25, -0.2) is 0 Å². The van der Waals surface area contributed by atoms with Crippen LogP contribution in [0.25, 0.3) is 0 Å². The van der Waals surface area contributed by atoms with Crippen LogP contribution in [0.3, 0.4) is 0 Å². The highest BCUT2D eigenvalue weighted by Gasteiger charge is 2.28. The Hall–Kier alpha value is -2.11. The first-order valence-electron chi connectivity index (χ1n) is 7.25. The van der Waals surface area contributed by atoms with Gasteiger partial charge in [0.15, 0.2) is 0 Å². The minimum atomic E-state index is -0.0482. The zero-order valence-corrected chi connectivity index (χ0v) is 12.4. The first-order valence-corrected chi connectivity index (χ1v) is 7.25. The quantitative estimate of drug-likeness (QED) is 0.753. The van der Waals surface area contributed by atoms with E-state index in [4.69, 9.17) is 0 Å². The van der Waals surface area contributed by atoms with Crippen LogP contribution in [0.2, 0.25) is 0 Å². The summed E-state index contributed by atoms with van der Waals surface area (Å²) in [5, 5.41) is 4.12. The van der Waals surface area contributed by atoms with Crippen molar-refractivity contribution in [3.63, 3.8) is 0 Å². The van der Waals surface area contributed by atoms with Crippen molar-refractivity contribution in [1.29, 1.82) is 0 Å². The third-order valence-corrected chi connectivity index (χ3v) is 3.93. The summed E-state index contributed by atoms with van der Waals surface area (Å²) in [6.45, 7) is 6.10. The molecule has 2 rings (SSSR count). The minimum Gasteiger partial charge on any atom is -0.344 e. The fourth-order valence-corrected chi connectivity index (χ4v) is 2.58. The highest BCUT2D eigenvalue weighted by Crippen LogP contribution is 2.19. The molecule has 2 heterocycles. The molecule has 0 saturated carbocycles. The number of carbonyl (C=O) groups is 2. The average molecular weight is 290 g/mol. The molecule has 6 heteroatoms. The van der Waals surface area contributed by atoms with Gasteiger partial charge in [0.1, 0.15) is 0 Å². The minimum absolute atomic E-state index is 0.0153. The molecule has 0 unspecified atom stereocenters. The van der Waals surface area contributed by atoms with Crippen LogP contribution in [0.15, 0.2) is 31.1 Å². The van der Waals surface area contributed by atoms with Gasteiger partial charge >= 0.3 is 0 Å². The molecule has 0 radical (unpaired) electrons. The van der Waals surface area contributed by atoms with Gasteiger partial charge in [0.2, 0.25) is 11.8 Å². The maximum absolute atomic E-state index is 12.4. The number of aromatic nitrogens is 2. The lowest BCUT2D eigenvalue weighted by molar-refractivity contribution is -0.138. The van der Waals surface area contributed by atoms with E-state index in [1.165, 1.54) is 6.08 Å². The Labute approximate surface area is 125 Å². The summed E-state index contributed by atoms with van der Waals surface area (Å²) in [6, 6.07) is 1.87. The predicted molar refractivity (Wildman–Crippen MR) is 79.4 cm³/mol. The van der Waals surface area contributed by atoms with Crippen molar-refractivity contribution in [2.45, 2.75) is 19.4 Å². The molecule has 1 aromatic heterocycles. The normalized spacial score (nSPS) is 15.8. The summed E-state index contributed by atoms with van der Waals surface area (Å²) >= 11 is 0. The molecule has 0 N–H and O–H groups in total. The lowest BCUT2D eigenvalue weighted by Crippen LogP contribution is -2.43. The Balaban J connectivity index is 1.78. The number of nitrogens with zero attached hydrogens (tertiary/aromatic N) is 4. The summed E-state index contributed by atoms with van der Waals surface area (Å²) < 4.78 is 1.81. The zero-order chi connectivity index (χ0) is 15.2. The molecule has 1 aromatic rings. The monoisotopic (exact) mass is 290 g/mol. The summed E-state index contributed by atoms with van der Waals surface area (Å²) in [6.07, 6.45) is 6.40. The molecular weight excluding hydrogens is 268 g/mol. The molecule has 1 aliphatic rings. The SMILES string of the molecule is C=CC(=O)N1CCC(C(=O)N(C)CCn2cccn2)CC1. The number of piperidine rings is 1. The van der Waals surface area contributed by atoms with E-state index in [2.05, 4.69) is 11.7 Å². The molecule has 1 saturated heterocycles.